The fourth-order valence-corrected chi connectivity index (χ4v) is 6.35. The van der Waals surface area contributed by atoms with Gasteiger partial charge in [0.15, 0.2) is 11.5 Å². The smallest absolute Gasteiger partial charge is 0.243 e. The maximum Gasteiger partial charge on any atom is 0.243 e. The Morgan fingerprint density at radius 1 is 1.06 bits per heavy atom. The van der Waals surface area contributed by atoms with E-state index in [1.54, 1.807) is 30.7 Å². The molecule has 8 heteroatoms. The van der Waals surface area contributed by atoms with E-state index in [1.165, 1.54) is 11.3 Å². The first-order valence-electron chi connectivity index (χ1n) is 10.3. The van der Waals surface area contributed by atoms with Crippen LogP contribution in [0.25, 0.3) is 10.6 Å². The highest BCUT2D eigenvalue weighted by atomic mass is 32.2. The van der Waals surface area contributed by atoms with Crippen molar-refractivity contribution in [3.8, 4) is 22.1 Å². The summed E-state index contributed by atoms with van der Waals surface area (Å²) in [7, 11) is -0.329. The third kappa shape index (κ3) is 4.33. The Hall–Kier alpha value is -2.42. The second-order valence-corrected chi connectivity index (χ2v) is 10.5. The lowest BCUT2D eigenvalue weighted by molar-refractivity contribution is 0.355. The van der Waals surface area contributed by atoms with Crippen LogP contribution in [0.5, 0.6) is 11.5 Å². The molecule has 0 saturated heterocycles. The van der Waals surface area contributed by atoms with E-state index in [0.29, 0.717) is 35.9 Å². The summed E-state index contributed by atoms with van der Waals surface area (Å²) in [5.74, 6) is 1.30. The Bertz CT molecular complexity index is 1170. The first-order chi connectivity index (χ1) is 15.0. The Balaban J connectivity index is 1.57. The molecule has 164 valence electrons. The summed E-state index contributed by atoms with van der Waals surface area (Å²) in [6.07, 6.45) is 2.59. The quantitative estimate of drug-likeness (QED) is 0.520. The highest BCUT2D eigenvalue weighted by Gasteiger charge is 2.30. The molecule has 0 spiro atoms. The minimum Gasteiger partial charge on any atom is -0.493 e. The zero-order valence-corrected chi connectivity index (χ0v) is 19.6. The van der Waals surface area contributed by atoms with E-state index in [1.807, 2.05) is 30.3 Å². The van der Waals surface area contributed by atoms with Gasteiger partial charge in [-0.05, 0) is 42.3 Å². The molecule has 2 aromatic carbocycles. The zero-order valence-electron chi connectivity index (χ0n) is 17.9. The number of hydrogen-bond acceptors (Lipinski definition) is 6. The van der Waals surface area contributed by atoms with Crippen molar-refractivity contribution in [3.05, 3.63) is 58.6 Å². The number of benzene rings is 2. The molecular weight excluding hydrogens is 432 g/mol. The van der Waals surface area contributed by atoms with Gasteiger partial charge >= 0.3 is 0 Å². The number of ether oxygens (including phenoxy) is 2. The highest BCUT2D eigenvalue weighted by Crippen LogP contribution is 2.37. The van der Waals surface area contributed by atoms with Gasteiger partial charge in [-0.2, -0.15) is 4.31 Å². The van der Waals surface area contributed by atoms with Crippen LogP contribution in [0.2, 0.25) is 0 Å². The molecule has 0 aliphatic carbocycles. The molecule has 0 radical (unpaired) electrons. The number of hydrogen-bond donors (Lipinski definition) is 0. The van der Waals surface area contributed by atoms with E-state index in [-0.39, 0.29) is 0 Å². The van der Waals surface area contributed by atoms with Crippen molar-refractivity contribution in [1.29, 1.82) is 0 Å². The van der Waals surface area contributed by atoms with Gasteiger partial charge in [0.2, 0.25) is 10.0 Å². The molecule has 0 N–H and O–H groups in total. The largest absolute Gasteiger partial charge is 0.493 e. The van der Waals surface area contributed by atoms with Crippen molar-refractivity contribution in [2.75, 3.05) is 20.8 Å². The van der Waals surface area contributed by atoms with Crippen molar-refractivity contribution in [2.45, 2.75) is 37.6 Å². The summed E-state index contributed by atoms with van der Waals surface area (Å²) in [4.78, 5) is 6.11. The van der Waals surface area contributed by atoms with E-state index < -0.39 is 10.0 Å². The lowest BCUT2D eigenvalue weighted by atomic mass is 10.1. The lowest BCUT2D eigenvalue weighted by Gasteiger charge is -2.25. The van der Waals surface area contributed by atoms with Gasteiger partial charge in [0.05, 0.1) is 31.4 Å². The highest BCUT2D eigenvalue weighted by molar-refractivity contribution is 7.89. The predicted molar refractivity (Wildman–Crippen MR) is 122 cm³/mol. The van der Waals surface area contributed by atoms with Crippen LogP contribution in [0.15, 0.2) is 47.4 Å². The molecule has 1 aromatic heterocycles. The van der Waals surface area contributed by atoms with Crippen molar-refractivity contribution < 1.29 is 17.9 Å². The van der Waals surface area contributed by atoms with Gasteiger partial charge in [-0.1, -0.05) is 25.5 Å². The Morgan fingerprint density at radius 2 is 1.81 bits per heavy atom. The van der Waals surface area contributed by atoms with Gasteiger partial charge in [0.1, 0.15) is 5.01 Å². The molecule has 4 rings (SSSR count). The summed E-state index contributed by atoms with van der Waals surface area (Å²) < 4.78 is 38.6. The van der Waals surface area contributed by atoms with Crippen LogP contribution in [0, 0.1) is 0 Å². The summed E-state index contributed by atoms with van der Waals surface area (Å²) >= 11 is 1.53. The molecule has 31 heavy (non-hydrogen) atoms. The van der Waals surface area contributed by atoms with Crippen LogP contribution in [-0.2, 0) is 29.4 Å². The molecule has 0 fully saturated rings. The second-order valence-electron chi connectivity index (χ2n) is 7.44. The second kappa shape index (κ2) is 8.98. The van der Waals surface area contributed by atoms with Crippen LogP contribution < -0.4 is 9.47 Å². The summed E-state index contributed by atoms with van der Waals surface area (Å²) in [5, 5.41) is 0.856. The molecule has 0 unspecified atom stereocenters. The molecule has 0 amide bonds. The maximum absolute atomic E-state index is 13.2. The van der Waals surface area contributed by atoms with Gasteiger partial charge in [-0.3, -0.25) is 0 Å². The minimum absolute atomic E-state index is 0.347. The fourth-order valence-electron chi connectivity index (χ4n) is 3.74. The fraction of sp³-hybridized carbons (Fsp3) is 0.348. The van der Waals surface area contributed by atoms with Gasteiger partial charge in [0.25, 0.3) is 0 Å². The number of aryl methyl sites for hydroxylation is 1. The van der Waals surface area contributed by atoms with E-state index in [4.69, 9.17) is 14.5 Å². The maximum atomic E-state index is 13.2. The SMILES string of the molecule is CCCc1ccc(S(=O)(=O)N2CCc3nc(-c4ccc(OC)c(OC)c4)sc3C2)cc1. The van der Waals surface area contributed by atoms with Gasteiger partial charge < -0.3 is 9.47 Å². The molecule has 6 nitrogen and oxygen atoms in total. The van der Waals surface area contributed by atoms with E-state index in [0.717, 1.165) is 39.5 Å². The Kier molecular flexibility index (Phi) is 6.31. The molecule has 1 aliphatic heterocycles. The average Bonchev–Trinajstić information content (AvgIpc) is 3.22. The monoisotopic (exact) mass is 458 g/mol. The van der Waals surface area contributed by atoms with E-state index in [9.17, 15) is 8.42 Å². The van der Waals surface area contributed by atoms with Crippen LogP contribution in [0.4, 0.5) is 0 Å². The molecule has 0 bridgehead atoms. The molecule has 0 saturated carbocycles. The Labute approximate surface area is 187 Å². The van der Waals surface area contributed by atoms with Crippen LogP contribution >= 0.6 is 11.3 Å². The Morgan fingerprint density at radius 3 is 2.48 bits per heavy atom. The number of rotatable bonds is 7. The first-order valence-corrected chi connectivity index (χ1v) is 12.5. The van der Waals surface area contributed by atoms with Gasteiger partial charge in [0, 0.05) is 23.4 Å². The van der Waals surface area contributed by atoms with Gasteiger partial charge in [-0.25, -0.2) is 13.4 Å². The lowest BCUT2D eigenvalue weighted by Crippen LogP contribution is -2.35. The number of sulfonamides is 1. The van der Waals surface area contributed by atoms with Crippen LogP contribution in [-0.4, -0.2) is 38.5 Å². The third-order valence-electron chi connectivity index (χ3n) is 5.43. The standard InChI is InChI=1S/C23H26N2O4S2/c1-4-5-16-6-9-18(10-7-16)31(26,27)25-13-12-19-22(15-25)30-23(24-19)17-8-11-20(28-2)21(14-17)29-3/h6-11,14H,4-5,12-13,15H2,1-3H3. The first kappa shape index (κ1) is 21.8. The third-order valence-corrected chi connectivity index (χ3v) is 8.42. The number of nitrogens with zero attached hydrogens (tertiary/aromatic N) is 2. The average molecular weight is 459 g/mol. The van der Waals surface area contributed by atoms with Crippen LogP contribution in [0.1, 0.15) is 29.5 Å². The minimum atomic E-state index is -3.54. The molecule has 0 atom stereocenters. The van der Waals surface area contributed by atoms with Crippen molar-refractivity contribution >= 4 is 21.4 Å². The molecule has 2 heterocycles. The predicted octanol–water partition coefficient (Wildman–Crippen LogP) is 4.53. The van der Waals surface area contributed by atoms with Crippen LogP contribution in [0.3, 0.4) is 0 Å². The summed E-state index contributed by atoms with van der Waals surface area (Å²) in [6, 6.07) is 13.0. The van der Waals surface area contributed by atoms with E-state index >= 15 is 0 Å². The van der Waals surface area contributed by atoms with Gasteiger partial charge in [-0.15, -0.1) is 11.3 Å². The normalized spacial score (nSPS) is 14.3. The van der Waals surface area contributed by atoms with E-state index in [2.05, 4.69) is 6.92 Å². The molecule has 3 aromatic rings. The molecule has 1 aliphatic rings. The number of aromatic nitrogens is 1. The van der Waals surface area contributed by atoms with Crippen molar-refractivity contribution in [1.82, 2.24) is 9.29 Å². The van der Waals surface area contributed by atoms with Crippen molar-refractivity contribution in [3.63, 3.8) is 0 Å². The summed E-state index contributed by atoms with van der Waals surface area (Å²) in [6.45, 7) is 2.89. The van der Waals surface area contributed by atoms with Crippen molar-refractivity contribution in [2.24, 2.45) is 0 Å². The zero-order chi connectivity index (χ0) is 22.0. The number of fused-ring (bicyclic) bond motifs is 1. The summed E-state index contributed by atoms with van der Waals surface area (Å²) in [5.41, 5.74) is 3.06. The topological polar surface area (TPSA) is 68.7 Å². The number of thiazole rings is 1. The number of methoxy groups -OCH3 is 2. The molecular formula is C23H26N2O4S2.